The zero-order valence-corrected chi connectivity index (χ0v) is 22.0. The van der Waals surface area contributed by atoms with Crippen molar-refractivity contribution in [3.8, 4) is 0 Å². The zero-order valence-electron chi connectivity index (χ0n) is 22.0. The van der Waals surface area contributed by atoms with E-state index in [0.717, 1.165) is 26.1 Å². The summed E-state index contributed by atoms with van der Waals surface area (Å²) in [5, 5.41) is 31.0. The second-order valence-electron chi connectivity index (χ2n) is 10.0. The van der Waals surface area contributed by atoms with Crippen LogP contribution < -0.4 is 5.32 Å². The van der Waals surface area contributed by atoms with E-state index in [0.29, 0.717) is 52.4 Å². The highest BCUT2D eigenvalue weighted by atomic mass is 16.4. The number of hydrogen-bond donors (Lipinski definition) is 4. The van der Waals surface area contributed by atoms with Crippen LogP contribution in [-0.2, 0) is 19.2 Å². The second kappa shape index (κ2) is 16.5. The van der Waals surface area contributed by atoms with Crippen LogP contribution in [0.5, 0.6) is 0 Å². The van der Waals surface area contributed by atoms with Gasteiger partial charge in [-0.1, -0.05) is 0 Å². The van der Waals surface area contributed by atoms with Crippen molar-refractivity contribution >= 4 is 23.8 Å². The van der Waals surface area contributed by atoms with Gasteiger partial charge in [0.15, 0.2) is 0 Å². The molecule has 0 spiro atoms. The first-order valence-electron chi connectivity index (χ1n) is 13.2. The summed E-state index contributed by atoms with van der Waals surface area (Å²) in [6, 6.07) is -0.172. The first-order valence-corrected chi connectivity index (χ1v) is 13.2. The van der Waals surface area contributed by atoms with Gasteiger partial charge in [-0.2, -0.15) is 0 Å². The van der Waals surface area contributed by atoms with Crippen LogP contribution in [0.1, 0.15) is 26.2 Å². The molecule has 0 radical (unpaired) electrons. The second-order valence-corrected chi connectivity index (χ2v) is 10.0. The fraction of sp³-hybridized carbons (Fsp3) is 0.833. The van der Waals surface area contributed by atoms with Crippen molar-refractivity contribution in [2.75, 3.05) is 98.2 Å². The number of nitrogens with one attached hydrogen (secondary N) is 1. The molecule has 0 aromatic heterocycles. The molecule has 13 heteroatoms. The van der Waals surface area contributed by atoms with Crippen molar-refractivity contribution in [2.24, 2.45) is 0 Å². The van der Waals surface area contributed by atoms with Crippen LogP contribution in [-0.4, -0.2) is 168 Å². The molecule has 1 amide bonds. The first-order chi connectivity index (χ1) is 17.6. The summed E-state index contributed by atoms with van der Waals surface area (Å²) >= 11 is 0. The molecule has 2 saturated heterocycles. The number of carboxylic acids is 3. The van der Waals surface area contributed by atoms with Crippen molar-refractivity contribution < 1.29 is 34.5 Å². The van der Waals surface area contributed by atoms with Crippen LogP contribution in [0.4, 0.5) is 0 Å². The Balaban J connectivity index is 2.03. The summed E-state index contributed by atoms with van der Waals surface area (Å²) in [6.45, 7) is 7.85. The lowest BCUT2D eigenvalue weighted by Crippen LogP contribution is -2.53. The Hall–Kier alpha value is -2.32. The lowest BCUT2D eigenvalue weighted by Gasteiger charge is -2.36. The molecule has 4 N–H and O–H groups in total. The number of nitrogens with zero attached hydrogens (tertiary/aromatic N) is 5. The van der Waals surface area contributed by atoms with E-state index in [1.54, 1.807) is 14.7 Å². The molecule has 0 bridgehead atoms. The van der Waals surface area contributed by atoms with E-state index in [2.05, 4.69) is 10.2 Å². The highest BCUT2D eigenvalue weighted by Gasteiger charge is 2.24. The molecule has 0 aliphatic carbocycles. The molecule has 2 rings (SSSR count). The van der Waals surface area contributed by atoms with Crippen LogP contribution in [0.25, 0.3) is 0 Å². The minimum Gasteiger partial charge on any atom is -0.480 e. The van der Waals surface area contributed by atoms with E-state index in [1.165, 1.54) is 12.8 Å². The Morgan fingerprint density at radius 2 is 1.16 bits per heavy atom. The van der Waals surface area contributed by atoms with Gasteiger partial charge < -0.3 is 25.5 Å². The largest absolute Gasteiger partial charge is 0.480 e. The van der Waals surface area contributed by atoms with Gasteiger partial charge in [0.2, 0.25) is 5.91 Å². The lowest BCUT2D eigenvalue weighted by atomic mass is 10.2. The summed E-state index contributed by atoms with van der Waals surface area (Å²) < 4.78 is 0. The fourth-order valence-electron chi connectivity index (χ4n) is 4.91. The van der Waals surface area contributed by atoms with Crippen LogP contribution in [0.15, 0.2) is 0 Å². The Bertz CT molecular complexity index is 749. The van der Waals surface area contributed by atoms with Gasteiger partial charge in [-0.05, 0) is 45.8 Å². The molecule has 0 saturated carbocycles. The van der Waals surface area contributed by atoms with Gasteiger partial charge in [0.05, 0.1) is 26.2 Å². The Morgan fingerprint density at radius 3 is 1.70 bits per heavy atom. The summed E-state index contributed by atoms with van der Waals surface area (Å²) in [7, 11) is 0. The molecule has 212 valence electrons. The lowest BCUT2D eigenvalue weighted by molar-refractivity contribution is -0.140. The maximum Gasteiger partial charge on any atom is 0.317 e. The van der Waals surface area contributed by atoms with Crippen molar-refractivity contribution in [3.05, 3.63) is 0 Å². The monoisotopic (exact) mass is 528 g/mol. The number of hydrogen-bond acceptors (Lipinski definition) is 9. The van der Waals surface area contributed by atoms with E-state index < -0.39 is 17.9 Å². The number of carbonyl (C=O) groups excluding carboxylic acids is 1. The summed E-state index contributed by atoms with van der Waals surface area (Å²) in [4.78, 5) is 56.5. The van der Waals surface area contributed by atoms with Gasteiger partial charge in [0.1, 0.15) is 0 Å². The average Bonchev–Trinajstić information content (AvgIpc) is 3.32. The molecule has 0 aromatic rings. The molecule has 2 fully saturated rings. The Kier molecular flexibility index (Phi) is 13.8. The number of likely N-dealkylation sites (tertiary alicyclic amines) is 1. The van der Waals surface area contributed by atoms with Crippen LogP contribution in [0, 0.1) is 0 Å². The molecular formula is C24H44N6O7. The zero-order chi connectivity index (χ0) is 27.2. The molecule has 0 aromatic carbocycles. The van der Waals surface area contributed by atoms with Crippen LogP contribution in [0.2, 0.25) is 0 Å². The first kappa shape index (κ1) is 30.9. The normalized spacial score (nSPS) is 22.2. The van der Waals surface area contributed by atoms with E-state index in [1.807, 2.05) is 11.8 Å². The predicted octanol–water partition coefficient (Wildman–Crippen LogP) is -1.55. The van der Waals surface area contributed by atoms with Crippen molar-refractivity contribution in [1.82, 2.24) is 29.8 Å². The smallest absolute Gasteiger partial charge is 0.317 e. The van der Waals surface area contributed by atoms with Gasteiger partial charge in [-0.25, -0.2) is 0 Å². The molecule has 2 aliphatic rings. The fourth-order valence-corrected chi connectivity index (χ4v) is 4.91. The van der Waals surface area contributed by atoms with Gasteiger partial charge >= 0.3 is 17.9 Å². The summed E-state index contributed by atoms with van der Waals surface area (Å²) in [6.07, 6.45) is 3.34. The van der Waals surface area contributed by atoms with Crippen LogP contribution in [0.3, 0.4) is 0 Å². The number of rotatable bonds is 12. The molecule has 1 atom stereocenters. The number of carbonyl (C=O) groups is 4. The van der Waals surface area contributed by atoms with Gasteiger partial charge in [0.25, 0.3) is 0 Å². The minimum absolute atomic E-state index is 0.109. The Morgan fingerprint density at radius 1 is 0.676 bits per heavy atom. The SMILES string of the molecule is C[C@@H]1CN(CC(=O)O)CCN(CC(=O)O)CCN(CC(=O)O)CCN1CC(=O)NCCCN1CCCC1. The van der Waals surface area contributed by atoms with E-state index in [4.69, 9.17) is 0 Å². The molecule has 0 unspecified atom stereocenters. The number of aliphatic carboxylic acids is 3. The topological polar surface area (TPSA) is 157 Å². The standard InChI is InChI=1S/C24H44N6O7/c1-20-15-29(19-24(36)37)12-11-27(17-22(32)33)9-10-28(18-23(34)35)13-14-30(20)16-21(31)25-5-4-8-26-6-2-3-7-26/h20H,2-19H2,1H3,(H,25,31)(H,32,33)(H,34,35)(H,36,37)/t20-/m1/s1. The molecule has 2 aliphatic heterocycles. The average molecular weight is 529 g/mol. The third-order valence-corrected chi connectivity index (χ3v) is 6.91. The predicted molar refractivity (Wildman–Crippen MR) is 137 cm³/mol. The van der Waals surface area contributed by atoms with Crippen LogP contribution >= 0.6 is 0 Å². The van der Waals surface area contributed by atoms with Gasteiger partial charge in [0, 0.05) is 58.4 Å². The third-order valence-electron chi connectivity index (χ3n) is 6.91. The minimum atomic E-state index is -0.993. The maximum absolute atomic E-state index is 12.7. The highest BCUT2D eigenvalue weighted by molar-refractivity contribution is 5.78. The Labute approximate surface area is 218 Å². The molecule has 13 nitrogen and oxygen atoms in total. The summed E-state index contributed by atoms with van der Waals surface area (Å²) in [5.74, 6) is -3.05. The van der Waals surface area contributed by atoms with E-state index >= 15 is 0 Å². The van der Waals surface area contributed by atoms with Crippen molar-refractivity contribution in [2.45, 2.75) is 32.2 Å². The highest BCUT2D eigenvalue weighted by Crippen LogP contribution is 2.08. The number of carboxylic acid groups (broad SMARTS) is 3. The van der Waals surface area contributed by atoms with Gasteiger partial charge in [-0.3, -0.25) is 38.8 Å². The number of amides is 1. The van der Waals surface area contributed by atoms with Crippen molar-refractivity contribution in [3.63, 3.8) is 0 Å². The van der Waals surface area contributed by atoms with Crippen molar-refractivity contribution in [1.29, 1.82) is 0 Å². The summed E-state index contributed by atoms with van der Waals surface area (Å²) in [5.41, 5.74) is 0. The molecular weight excluding hydrogens is 484 g/mol. The molecule has 37 heavy (non-hydrogen) atoms. The van der Waals surface area contributed by atoms with Gasteiger partial charge in [-0.15, -0.1) is 0 Å². The van der Waals surface area contributed by atoms with E-state index in [-0.39, 0.29) is 38.1 Å². The van der Waals surface area contributed by atoms with E-state index in [9.17, 15) is 34.5 Å². The quantitative estimate of drug-likeness (QED) is 0.217. The maximum atomic E-state index is 12.7. The molecule has 2 heterocycles. The third kappa shape index (κ3) is 13.2.